The van der Waals surface area contributed by atoms with Crippen molar-refractivity contribution in [1.29, 1.82) is 0 Å². The summed E-state index contributed by atoms with van der Waals surface area (Å²) in [6.45, 7) is 0.468. The molecule has 1 rings (SSSR count). The molecular formula is C12H16N2O3. The van der Waals surface area contributed by atoms with Crippen LogP contribution in [0.3, 0.4) is 0 Å². The minimum atomic E-state index is -0.833. The molecule has 0 radical (unpaired) electrons. The highest BCUT2D eigenvalue weighted by Crippen LogP contribution is 2.01. The van der Waals surface area contributed by atoms with Crippen molar-refractivity contribution < 1.29 is 14.7 Å². The van der Waals surface area contributed by atoms with Gasteiger partial charge in [-0.1, -0.05) is 0 Å². The summed E-state index contributed by atoms with van der Waals surface area (Å²) in [5, 5.41) is 8.49. The molecule has 0 fully saturated rings. The van der Waals surface area contributed by atoms with Crippen LogP contribution >= 0.6 is 0 Å². The quantitative estimate of drug-likeness (QED) is 0.798. The molecule has 0 aliphatic carbocycles. The van der Waals surface area contributed by atoms with E-state index in [0.717, 1.165) is 5.56 Å². The molecule has 5 nitrogen and oxygen atoms in total. The summed E-state index contributed by atoms with van der Waals surface area (Å²) in [5.74, 6) is -0.846. The number of carbonyl (C=O) groups is 2. The third-order valence-electron chi connectivity index (χ3n) is 2.41. The molecule has 0 saturated carbocycles. The molecule has 0 aliphatic heterocycles. The molecule has 1 amide bonds. The first-order chi connectivity index (χ1) is 8.09. The van der Waals surface area contributed by atoms with Gasteiger partial charge < -0.3 is 10.0 Å². The van der Waals surface area contributed by atoms with Crippen LogP contribution in [-0.4, -0.2) is 40.5 Å². The highest BCUT2D eigenvalue weighted by molar-refractivity contribution is 5.78. The number of aromatic nitrogens is 1. The summed E-state index contributed by atoms with van der Waals surface area (Å²) in [5.41, 5.74) is 0.912. The van der Waals surface area contributed by atoms with Gasteiger partial charge in [-0.25, -0.2) is 0 Å². The molecule has 0 spiro atoms. The van der Waals surface area contributed by atoms with Crippen molar-refractivity contribution in [2.24, 2.45) is 0 Å². The number of nitrogens with zero attached hydrogens (tertiary/aromatic N) is 2. The molecule has 1 aromatic heterocycles. The summed E-state index contributed by atoms with van der Waals surface area (Å²) in [6, 6.07) is 3.59. The SMILES string of the molecule is CN(CCCC(=O)O)C(=O)Cc1ccncc1. The molecule has 0 saturated heterocycles. The fourth-order valence-corrected chi connectivity index (χ4v) is 1.40. The Balaban J connectivity index is 2.34. The molecule has 0 atom stereocenters. The number of pyridine rings is 1. The Bertz CT molecular complexity index is 379. The summed E-state index contributed by atoms with van der Waals surface area (Å²) >= 11 is 0. The Hall–Kier alpha value is -1.91. The second kappa shape index (κ2) is 6.62. The second-order valence-corrected chi connectivity index (χ2v) is 3.84. The zero-order chi connectivity index (χ0) is 12.7. The Morgan fingerprint density at radius 1 is 1.35 bits per heavy atom. The van der Waals surface area contributed by atoms with Gasteiger partial charge in [0.25, 0.3) is 0 Å². The average Bonchev–Trinajstić information content (AvgIpc) is 2.29. The number of amides is 1. The van der Waals surface area contributed by atoms with Crippen LogP contribution in [0.1, 0.15) is 18.4 Å². The van der Waals surface area contributed by atoms with E-state index in [9.17, 15) is 9.59 Å². The van der Waals surface area contributed by atoms with Crippen molar-refractivity contribution in [2.75, 3.05) is 13.6 Å². The van der Waals surface area contributed by atoms with Gasteiger partial charge in [-0.2, -0.15) is 0 Å². The minimum Gasteiger partial charge on any atom is -0.481 e. The van der Waals surface area contributed by atoms with E-state index in [-0.39, 0.29) is 12.3 Å². The Morgan fingerprint density at radius 2 is 2.00 bits per heavy atom. The lowest BCUT2D eigenvalue weighted by atomic mass is 10.2. The molecular weight excluding hydrogens is 220 g/mol. The van der Waals surface area contributed by atoms with Crippen LogP contribution < -0.4 is 0 Å². The fraction of sp³-hybridized carbons (Fsp3) is 0.417. The number of hydrogen-bond acceptors (Lipinski definition) is 3. The smallest absolute Gasteiger partial charge is 0.303 e. The number of rotatable bonds is 6. The van der Waals surface area contributed by atoms with Gasteiger partial charge in [0.1, 0.15) is 0 Å². The van der Waals surface area contributed by atoms with Crippen molar-refractivity contribution in [2.45, 2.75) is 19.3 Å². The maximum absolute atomic E-state index is 11.7. The average molecular weight is 236 g/mol. The van der Waals surface area contributed by atoms with Crippen LogP contribution in [0.5, 0.6) is 0 Å². The molecule has 1 heterocycles. The third-order valence-corrected chi connectivity index (χ3v) is 2.41. The van der Waals surface area contributed by atoms with Gasteiger partial charge in [-0.15, -0.1) is 0 Å². The van der Waals surface area contributed by atoms with Crippen molar-refractivity contribution in [3.05, 3.63) is 30.1 Å². The fourth-order valence-electron chi connectivity index (χ4n) is 1.40. The van der Waals surface area contributed by atoms with Gasteiger partial charge in [-0.3, -0.25) is 14.6 Å². The van der Waals surface area contributed by atoms with Crippen LogP contribution in [0.4, 0.5) is 0 Å². The van der Waals surface area contributed by atoms with Gasteiger partial charge in [0, 0.05) is 32.4 Å². The predicted octanol–water partition coefficient (Wildman–Crippen LogP) is 0.947. The first kappa shape index (κ1) is 13.2. The highest BCUT2D eigenvalue weighted by atomic mass is 16.4. The second-order valence-electron chi connectivity index (χ2n) is 3.84. The zero-order valence-corrected chi connectivity index (χ0v) is 9.80. The molecule has 0 aliphatic rings. The van der Waals surface area contributed by atoms with Crippen molar-refractivity contribution in [3.8, 4) is 0 Å². The van der Waals surface area contributed by atoms with Gasteiger partial charge in [0.05, 0.1) is 6.42 Å². The Morgan fingerprint density at radius 3 is 2.59 bits per heavy atom. The van der Waals surface area contributed by atoms with Crippen molar-refractivity contribution in [3.63, 3.8) is 0 Å². The number of hydrogen-bond donors (Lipinski definition) is 1. The monoisotopic (exact) mass is 236 g/mol. The van der Waals surface area contributed by atoms with Gasteiger partial charge in [-0.05, 0) is 24.1 Å². The molecule has 1 aromatic rings. The van der Waals surface area contributed by atoms with Crippen LogP contribution in [0.25, 0.3) is 0 Å². The van der Waals surface area contributed by atoms with Crippen LogP contribution in [0.2, 0.25) is 0 Å². The van der Waals surface area contributed by atoms with E-state index in [1.165, 1.54) is 0 Å². The summed E-state index contributed by atoms with van der Waals surface area (Å²) in [4.78, 5) is 27.5. The minimum absolute atomic E-state index is 0.0124. The first-order valence-corrected chi connectivity index (χ1v) is 5.44. The molecule has 0 unspecified atom stereocenters. The van der Waals surface area contributed by atoms with E-state index in [4.69, 9.17) is 5.11 Å². The standard InChI is InChI=1S/C12H16N2O3/c1-14(8-2-3-12(16)17)11(15)9-10-4-6-13-7-5-10/h4-7H,2-3,8-9H2,1H3,(H,16,17). The number of aliphatic carboxylic acids is 1. The molecule has 92 valence electrons. The van der Waals surface area contributed by atoms with Gasteiger partial charge in [0.2, 0.25) is 5.91 Å². The van der Waals surface area contributed by atoms with E-state index in [0.29, 0.717) is 19.4 Å². The summed E-state index contributed by atoms with van der Waals surface area (Å²) in [7, 11) is 1.69. The van der Waals surface area contributed by atoms with E-state index in [1.54, 1.807) is 36.5 Å². The van der Waals surface area contributed by atoms with Gasteiger partial charge >= 0.3 is 5.97 Å². The highest BCUT2D eigenvalue weighted by Gasteiger charge is 2.09. The largest absolute Gasteiger partial charge is 0.481 e. The van der Waals surface area contributed by atoms with Crippen LogP contribution in [0, 0.1) is 0 Å². The molecule has 1 N–H and O–H groups in total. The van der Waals surface area contributed by atoms with Crippen LogP contribution in [-0.2, 0) is 16.0 Å². The molecule has 5 heteroatoms. The van der Waals surface area contributed by atoms with E-state index < -0.39 is 5.97 Å². The molecule has 0 bridgehead atoms. The first-order valence-electron chi connectivity index (χ1n) is 5.44. The number of likely N-dealkylation sites (N-methyl/N-ethyl adjacent to an activating group) is 1. The lowest BCUT2D eigenvalue weighted by Crippen LogP contribution is -2.29. The predicted molar refractivity (Wildman–Crippen MR) is 62.4 cm³/mol. The van der Waals surface area contributed by atoms with E-state index >= 15 is 0 Å². The van der Waals surface area contributed by atoms with E-state index in [2.05, 4.69) is 4.98 Å². The Labute approximate surface area is 100 Å². The van der Waals surface area contributed by atoms with Crippen LogP contribution in [0.15, 0.2) is 24.5 Å². The third kappa shape index (κ3) is 5.10. The molecule has 0 aromatic carbocycles. The summed E-state index contributed by atoms with van der Waals surface area (Å²) < 4.78 is 0. The summed E-state index contributed by atoms with van der Waals surface area (Å²) in [6.07, 6.45) is 4.19. The molecule has 17 heavy (non-hydrogen) atoms. The zero-order valence-electron chi connectivity index (χ0n) is 9.80. The lowest BCUT2D eigenvalue weighted by molar-refractivity contribution is -0.138. The maximum atomic E-state index is 11.7. The van der Waals surface area contributed by atoms with Crippen molar-refractivity contribution >= 4 is 11.9 Å². The lowest BCUT2D eigenvalue weighted by Gasteiger charge is -2.16. The topological polar surface area (TPSA) is 70.5 Å². The maximum Gasteiger partial charge on any atom is 0.303 e. The normalized spacial score (nSPS) is 9.94. The Kier molecular flexibility index (Phi) is 5.13. The van der Waals surface area contributed by atoms with Crippen molar-refractivity contribution in [1.82, 2.24) is 9.88 Å². The number of carboxylic acids is 1. The van der Waals surface area contributed by atoms with Gasteiger partial charge in [0.15, 0.2) is 0 Å². The number of carboxylic acid groups (broad SMARTS) is 1. The van der Waals surface area contributed by atoms with E-state index in [1.807, 2.05) is 0 Å². The number of carbonyl (C=O) groups excluding carboxylic acids is 1.